The summed E-state index contributed by atoms with van der Waals surface area (Å²) in [5.74, 6) is 0. The van der Waals surface area contributed by atoms with Gasteiger partial charge < -0.3 is 10.2 Å². The molecule has 0 aromatic heterocycles. The molecule has 0 unspecified atom stereocenters. The Balaban J connectivity index is 2.46. The van der Waals surface area contributed by atoms with Gasteiger partial charge in [0.1, 0.15) is 0 Å². The lowest BCUT2D eigenvalue weighted by Crippen LogP contribution is -2.22. The fraction of sp³-hybridized carbons (Fsp3) is 0.714. The molecule has 0 aromatic carbocycles. The molecule has 2 heteroatoms. The molecule has 0 fully saturated rings. The summed E-state index contributed by atoms with van der Waals surface area (Å²) in [7, 11) is 0. The third-order valence-electron chi connectivity index (χ3n) is 1.60. The molecular formula is C7H12O2. The number of allylic oxidation sites excluding steroid dienone is 1. The van der Waals surface area contributed by atoms with Crippen LogP contribution in [0, 0.1) is 0 Å². The minimum absolute atomic E-state index is 0.538. The molecule has 2 nitrogen and oxygen atoms in total. The lowest BCUT2D eigenvalue weighted by molar-refractivity contribution is 0.0444. The van der Waals surface area contributed by atoms with E-state index < -0.39 is 12.2 Å². The lowest BCUT2D eigenvalue weighted by Gasteiger charge is -2.10. The molecule has 0 radical (unpaired) electrons. The van der Waals surface area contributed by atoms with Gasteiger partial charge in [-0.3, -0.25) is 0 Å². The van der Waals surface area contributed by atoms with E-state index in [0.29, 0.717) is 6.42 Å². The standard InChI is InChI=1S/C7H12O2/c8-6-4-2-1-3-5-7(6)9/h2,4,6-9H,1,3,5H2/t6-,7+/m1/s1. The van der Waals surface area contributed by atoms with E-state index in [1.54, 1.807) is 6.08 Å². The van der Waals surface area contributed by atoms with Crippen molar-refractivity contribution in [1.29, 1.82) is 0 Å². The van der Waals surface area contributed by atoms with Crippen molar-refractivity contribution in [2.24, 2.45) is 0 Å². The minimum atomic E-state index is -0.632. The van der Waals surface area contributed by atoms with Gasteiger partial charge >= 0.3 is 0 Å². The summed E-state index contributed by atoms with van der Waals surface area (Å²) in [5.41, 5.74) is 0. The zero-order chi connectivity index (χ0) is 6.69. The first kappa shape index (κ1) is 6.78. The number of hydrogen-bond acceptors (Lipinski definition) is 2. The van der Waals surface area contributed by atoms with Crippen LogP contribution >= 0.6 is 0 Å². The Morgan fingerprint density at radius 3 is 2.89 bits per heavy atom. The van der Waals surface area contributed by atoms with Gasteiger partial charge in [-0.05, 0) is 19.3 Å². The first-order valence-corrected chi connectivity index (χ1v) is 3.33. The molecule has 0 amide bonds. The summed E-state index contributed by atoms with van der Waals surface area (Å²) in [6.07, 6.45) is 5.09. The monoisotopic (exact) mass is 128 g/mol. The van der Waals surface area contributed by atoms with Gasteiger partial charge in [0, 0.05) is 0 Å². The van der Waals surface area contributed by atoms with Crippen molar-refractivity contribution in [3.05, 3.63) is 12.2 Å². The maximum absolute atomic E-state index is 9.06. The van der Waals surface area contributed by atoms with Gasteiger partial charge in [0.05, 0.1) is 12.2 Å². The molecule has 1 rings (SSSR count). The summed E-state index contributed by atoms with van der Waals surface area (Å²) < 4.78 is 0. The average Bonchev–Trinajstić information content (AvgIpc) is 1.99. The summed E-state index contributed by atoms with van der Waals surface area (Å²) in [4.78, 5) is 0. The number of aliphatic hydroxyl groups is 2. The topological polar surface area (TPSA) is 40.5 Å². The van der Waals surface area contributed by atoms with E-state index in [1.807, 2.05) is 6.08 Å². The Kier molecular flexibility index (Phi) is 2.25. The summed E-state index contributed by atoms with van der Waals surface area (Å²) in [5, 5.41) is 18.1. The molecule has 0 saturated heterocycles. The van der Waals surface area contributed by atoms with Crippen LogP contribution in [-0.4, -0.2) is 22.4 Å². The van der Waals surface area contributed by atoms with Crippen molar-refractivity contribution in [3.8, 4) is 0 Å². The molecule has 2 N–H and O–H groups in total. The fourth-order valence-electron chi connectivity index (χ4n) is 0.980. The van der Waals surface area contributed by atoms with Crippen molar-refractivity contribution in [1.82, 2.24) is 0 Å². The highest BCUT2D eigenvalue weighted by Crippen LogP contribution is 2.11. The van der Waals surface area contributed by atoms with Gasteiger partial charge in [0.25, 0.3) is 0 Å². The van der Waals surface area contributed by atoms with E-state index >= 15 is 0 Å². The van der Waals surface area contributed by atoms with Crippen LogP contribution in [0.3, 0.4) is 0 Å². The first-order valence-electron chi connectivity index (χ1n) is 3.33. The Labute approximate surface area is 54.8 Å². The zero-order valence-corrected chi connectivity index (χ0v) is 5.33. The third-order valence-corrected chi connectivity index (χ3v) is 1.60. The predicted molar refractivity (Wildman–Crippen MR) is 35.0 cm³/mol. The van der Waals surface area contributed by atoms with Crippen LogP contribution in [0.15, 0.2) is 12.2 Å². The Bertz CT molecular complexity index is 109. The Morgan fingerprint density at radius 1 is 1.33 bits per heavy atom. The molecule has 2 atom stereocenters. The second-order valence-corrected chi connectivity index (χ2v) is 2.42. The van der Waals surface area contributed by atoms with Crippen molar-refractivity contribution in [2.75, 3.05) is 0 Å². The van der Waals surface area contributed by atoms with E-state index in [0.717, 1.165) is 12.8 Å². The van der Waals surface area contributed by atoms with Gasteiger partial charge in [-0.1, -0.05) is 12.2 Å². The molecule has 0 heterocycles. The van der Waals surface area contributed by atoms with Crippen LogP contribution in [0.25, 0.3) is 0 Å². The molecule has 9 heavy (non-hydrogen) atoms. The maximum Gasteiger partial charge on any atom is 0.0979 e. The average molecular weight is 128 g/mol. The molecule has 0 bridgehead atoms. The van der Waals surface area contributed by atoms with Gasteiger partial charge in [-0.2, -0.15) is 0 Å². The number of hydrogen-bond donors (Lipinski definition) is 2. The largest absolute Gasteiger partial charge is 0.390 e. The molecule has 0 saturated carbocycles. The van der Waals surface area contributed by atoms with Gasteiger partial charge in [0.2, 0.25) is 0 Å². The highest BCUT2D eigenvalue weighted by molar-refractivity contribution is 4.94. The molecule has 0 aromatic rings. The molecule has 52 valence electrons. The number of aliphatic hydroxyl groups excluding tert-OH is 2. The van der Waals surface area contributed by atoms with Crippen LogP contribution in [-0.2, 0) is 0 Å². The van der Waals surface area contributed by atoms with Crippen LogP contribution in [0.1, 0.15) is 19.3 Å². The third kappa shape index (κ3) is 1.80. The second kappa shape index (κ2) is 2.99. The van der Waals surface area contributed by atoms with Gasteiger partial charge in [-0.25, -0.2) is 0 Å². The van der Waals surface area contributed by atoms with Crippen molar-refractivity contribution in [3.63, 3.8) is 0 Å². The van der Waals surface area contributed by atoms with E-state index in [2.05, 4.69) is 0 Å². The normalized spacial score (nSPS) is 36.2. The van der Waals surface area contributed by atoms with Crippen molar-refractivity contribution < 1.29 is 10.2 Å². The molecule has 1 aliphatic carbocycles. The molecule has 0 spiro atoms. The van der Waals surface area contributed by atoms with Crippen LogP contribution in [0.5, 0.6) is 0 Å². The van der Waals surface area contributed by atoms with Crippen molar-refractivity contribution in [2.45, 2.75) is 31.5 Å². The van der Waals surface area contributed by atoms with Crippen LogP contribution in [0.2, 0.25) is 0 Å². The lowest BCUT2D eigenvalue weighted by atomic mass is 10.1. The molecular weight excluding hydrogens is 116 g/mol. The molecule has 0 aliphatic heterocycles. The quantitative estimate of drug-likeness (QED) is 0.465. The van der Waals surface area contributed by atoms with E-state index in [9.17, 15) is 0 Å². The van der Waals surface area contributed by atoms with Gasteiger partial charge in [0.15, 0.2) is 0 Å². The highest BCUT2D eigenvalue weighted by Gasteiger charge is 2.13. The Hall–Kier alpha value is -0.340. The summed E-state index contributed by atoms with van der Waals surface area (Å²) in [6, 6.07) is 0. The van der Waals surface area contributed by atoms with E-state index in [1.165, 1.54) is 0 Å². The SMILES string of the molecule is O[C@@H]1C=CCCC[C@@H]1O. The minimum Gasteiger partial charge on any atom is -0.390 e. The second-order valence-electron chi connectivity index (χ2n) is 2.42. The van der Waals surface area contributed by atoms with E-state index in [-0.39, 0.29) is 0 Å². The van der Waals surface area contributed by atoms with Crippen molar-refractivity contribution >= 4 is 0 Å². The maximum atomic E-state index is 9.06. The number of rotatable bonds is 0. The zero-order valence-electron chi connectivity index (χ0n) is 5.33. The highest BCUT2D eigenvalue weighted by atomic mass is 16.3. The summed E-state index contributed by atoms with van der Waals surface area (Å²) in [6.45, 7) is 0. The summed E-state index contributed by atoms with van der Waals surface area (Å²) >= 11 is 0. The smallest absolute Gasteiger partial charge is 0.0979 e. The van der Waals surface area contributed by atoms with Crippen LogP contribution < -0.4 is 0 Å². The van der Waals surface area contributed by atoms with Gasteiger partial charge in [-0.15, -0.1) is 0 Å². The fourth-order valence-corrected chi connectivity index (χ4v) is 0.980. The van der Waals surface area contributed by atoms with E-state index in [4.69, 9.17) is 10.2 Å². The molecule has 1 aliphatic rings. The first-order chi connectivity index (χ1) is 4.30. The predicted octanol–water partition coefficient (Wildman–Crippen LogP) is 0.448. The Morgan fingerprint density at radius 2 is 2.11 bits per heavy atom. The van der Waals surface area contributed by atoms with Crippen LogP contribution in [0.4, 0.5) is 0 Å².